The summed E-state index contributed by atoms with van der Waals surface area (Å²) in [7, 11) is 1.66. The van der Waals surface area contributed by atoms with Gasteiger partial charge in [-0.3, -0.25) is 10.1 Å². The minimum Gasteiger partial charge on any atom is -0.497 e. The molecule has 1 aromatic rings. The lowest BCUT2D eigenvalue weighted by Crippen LogP contribution is -2.31. The molecule has 0 spiro atoms. The Kier molecular flexibility index (Phi) is 5.01. The van der Waals surface area contributed by atoms with Crippen molar-refractivity contribution in [3.63, 3.8) is 0 Å². The zero-order valence-electron chi connectivity index (χ0n) is 12.6. The Morgan fingerprint density at radius 2 is 2.05 bits per heavy atom. The van der Waals surface area contributed by atoms with Gasteiger partial charge < -0.3 is 9.64 Å². The molecule has 0 bridgehead atoms. The summed E-state index contributed by atoms with van der Waals surface area (Å²) in [4.78, 5) is 13.9. The normalized spacial score (nSPS) is 18.9. The number of methoxy groups -OCH3 is 1. The summed E-state index contributed by atoms with van der Waals surface area (Å²) >= 11 is 0. The van der Waals surface area contributed by atoms with Crippen molar-refractivity contribution >= 4 is 5.91 Å². The summed E-state index contributed by atoms with van der Waals surface area (Å²) in [5.74, 6) is 1.71. The number of benzene rings is 1. The van der Waals surface area contributed by atoms with E-state index in [0.717, 1.165) is 30.7 Å². The molecular weight excluding hydrogens is 252 g/mol. The highest BCUT2D eigenvalue weighted by molar-refractivity contribution is 5.80. The summed E-state index contributed by atoms with van der Waals surface area (Å²) in [5, 5.41) is 3.28. The van der Waals surface area contributed by atoms with Crippen molar-refractivity contribution in [1.82, 2.24) is 10.2 Å². The molecule has 1 heterocycles. The van der Waals surface area contributed by atoms with Crippen molar-refractivity contribution in [2.75, 3.05) is 20.2 Å². The van der Waals surface area contributed by atoms with Gasteiger partial charge in [0, 0.05) is 6.54 Å². The van der Waals surface area contributed by atoms with E-state index in [1.165, 1.54) is 0 Å². The van der Waals surface area contributed by atoms with E-state index >= 15 is 0 Å². The number of amides is 1. The van der Waals surface area contributed by atoms with Crippen LogP contribution in [0.4, 0.5) is 0 Å². The van der Waals surface area contributed by atoms with Crippen LogP contribution in [0.15, 0.2) is 24.3 Å². The highest BCUT2D eigenvalue weighted by atomic mass is 16.5. The van der Waals surface area contributed by atoms with Crippen LogP contribution in [0, 0.1) is 5.92 Å². The van der Waals surface area contributed by atoms with Crippen LogP contribution in [0.5, 0.6) is 5.75 Å². The summed E-state index contributed by atoms with van der Waals surface area (Å²) in [6, 6.07) is 7.91. The number of hydrogen-bond acceptors (Lipinski definition) is 3. The lowest BCUT2D eigenvalue weighted by molar-refractivity contribution is -0.128. The molecule has 20 heavy (non-hydrogen) atoms. The first kappa shape index (κ1) is 14.9. The van der Waals surface area contributed by atoms with Gasteiger partial charge in [0.05, 0.1) is 13.7 Å². The van der Waals surface area contributed by atoms with Crippen LogP contribution in [-0.2, 0) is 4.79 Å². The monoisotopic (exact) mass is 276 g/mol. The van der Waals surface area contributed by atoms with Crippen molar-refractivity contribution in [2.45, 2.75) is 32.9 Å². The van der Waals surface area contributed by atoms with E-state index in [1.54, 1.807) is 7.11 Å². The zero-order chi connectivity index (χ0) is 14.5. The minimum absolute atomic E-state index is 0.000526. The van der Waals surface area contributed by atoms with E-state index in [9.17, 15) is 4.79 Å². The molecule has 0 radical (unpaired) electrons. The molecule has 1 atom stereocenters. The Morgan fingerprint density at radius 3 is 2.65 bits per heavy atom. The molecule has 4 heteroatoms. The molecule has 1 aliphatic rings. The number of hydrogen-bond donors (Lipinski definition) is 1. The van der Waals surface area contributed by atoms with Crippen LogP contribution in [-0.4, -0.2) is 31.0 Å². The van der Waals surface area contributed by atoms with Crippen molar-refractivity contribution in [2.24, 2.45) is 5.92 Å². The van der Waals surface area contributed by atoms with E-state index in [2.05, 4.69) is 19.2 Å². The van der Waals surface area contributed by atoms with E-state index in [1.807, 2.05) is 29.2 Å². The third kappa shape index (κ3) is 3.51. The quantitative estimate of drug-likeness (QED) is 0.868. The minimum atomic E-state index is 0.000526. The lowest BCUT2D eigenvalue weighted by atomic mass is 10.1. The Hall–Kier alpha value is -1.55. The van der Waals surface area contributed by atoms with Crippen molar-refractivity contribution < 1.29 is 9.53 Å². The number of rotatable bonds is 6. The molecule has 1 N–H and O–H groups in total. The predicted octanol–water partition coefficient (Wildman–Crippen LogP) is 2.56. The highest BCUT2D eigenvalue weighted by Gasteiger charge is 2.30. The maximum absolute atomic E-state index is 12.0. The van der Waals surface area contributed by atoms with Gasteiger partial charge in [0.15, 0.2) is 0 Å². The smallest absolute Gasteiger partial charge is 0.238 e. The van der Waals surface area contributed by atoms with Gasteiger partial charge in [-0.15, -0.1) is 0 Å². The fourth-order valence-corrected chi connectivity index (χ4v) is 2.55. The Morgan fingerprint density at radius 1 is 1.35 bits per heavy atom. The topological polar surface area (TPSA) is 41.6 Å². The molecule has 1 aliphatic heterocycles. The molecule has 4 nitrogen and oxygen atoms in total. The third-order valence-corrected chi connectivity index (χ3v) is 3.69. The van der Waals surface area contributed by atoms with Gasteiger partial charge in [0.25, 0.3) is 0 Å². The highest BCUT2D eigenvalue weighted by Crippen LogP contribution is 2.25. The summed E-state index contributed by atoms with van der Waals surface area (Å²) < 4.78 is 5.17. The van der Waals surface area contributed by atoms with Gasteiger partial charge in [-0.25, -0.2) is 0 Å². The van der Waals surface area contributed by atoms with Gasteiger partial charge in [-0.2, -0.15) is 0 Å². The Balaban J connectivity index is 2.02. The van der Waals surface area contributed by atoms with Crippen LogP contribution in [0.25, 0.3) is 0 Å². The van der Waals surface area contributed by atoms with Crippen LogP contribution in [0.3, 0.4) is 0 Å². The second-order valence-corrected chi connectivity index (χ2v) is 5.68. The molecule has 0 aliphatic carbocycles. The lowest BCUT2D eigenvalue weighted by Gasteiger charge is -2.25. The van der Waals surface area contributed by atoms with Crippen molar-refractivity contribution in [3.05, 3.63) is 29.8 Å². The van der Waals surface area contributed by atoms with Gasteiger partial charge in [-0.1, -0.05) is 26.0 Å². The van der Waals surface area contributed by atoms with Crippen LogP contribution in [0.1, 0.15) is 38.4 Å². The van der Waals surface area contributed by atoms with Gasteiger partial charge in [-0.05, 0) is 36.5 Å². The fraction of sp³-hybridized carbons (Fsp3) is 0.562. The van der Waals surface area contributed by atoms with Crippen LogP contribution < -0.4 is 10.1 Å². The number of carbonyl (C=O) groups excluding carboxylic acids is 1. The van der Waals surface area contributed by atoms with E-state index in [0.29, 0.717) is 12.5 Å². The second-order valence-electron chi connectivity index (χ2n) is 5.68. The predicted molar refractivity (Wildman–Crippen MR) is 79.5 cm³/mol. The standard InChI is InChI=1S/C16H24N2O2/c1-12(2)5-4-10-18-15(19)11-17-16(18)13-6-8-14(20-3)9-7-13/h6-9,12,16-17H,4-5,10-11H2,1-3H3. The average Bonchev–Trinajstić information content (AvgIpc) is 2.80. The number of nitrogens with one attached hydrogen (secondary N) is 1. The van der Waals surface area contributed by atoms with E-state index in [4.69, 9.17) is 4.74 Å². The molecule has 1 saturated heterocycles. The number of ether oxygens (including phenoxy) is 1. The Labute approximate surface area is 121 Å². The zero-order valence-corrected chi connectivity index (χ0v) is 12.6. The SMILES string of the molecule is COc1ccc(C2NCC(=O)N2CCCC(C)C)cc1. The third-order valence-electron chi connectivity index (χ3n) is 3.69. The number of carbonyl (C=O) groups is 1. The van der Waals surface area contributed by atoms with Crippen LogP contribution >= 0.6 is 0 Å². The molecule has 0 aromatic heterocycles. The molecule has 1 amide bonds. The van der Waals surface area contributed by atoms with Crippen LogP contribution in [0.2, 0.25) is 0 Å². The molecule has 0 saturated carbocycles. The number of nitrogens with zero attached hydrogens (tertiary/aromatic N) is 1. The van der Waals surface area contributed by atoms with Crippen molar-refractivity contribution in [3.8, 4) is 5.75 Å². The van der Waals surface area contributed by atoms with Gasteiger partial charge in [0.2, 0.25) is 5.91 Å². The molecule has 110 valence electrons. The first-order chi connectivity index (χ1) is 9.61. The Bertz CT molecular complexity index is 442. The first-order valence-corrected chi connectivity index (χ1v) is 7.28. The maximum Gasteiger partial charge on any atom is 0.238 e. The molecule has 1 unspecified atom stereocenters. The molecule has 1 fully saturated rings. The maximum atomic E-state index is 12.0. The van der Waals surface area contributed by atoms with Gasteiger partial charge >= 0.3 is 0 Å². The first-order valence-electron chi connectivity index (χ1n) is 7.28. The molecular formula is C16H24N2O2. The average molecular weight is 276 g/mol. The fourth-order valence-electron chi connectivity index (χ4n) is 2.55. The van der Waals surface area contributed by atoms with Gasteiger partial charge in [0.1, 0.15) is 11.9 Å². The largest absolute Gasteiger partial charge is 0.497 e. The summed E-state index contributed by atoms with van der Waals surface area (Å²) in [6.07, 6.45) is 2.21. The molecule has 1 aromatic carbocycles. The molecule has 2 rings (SSSR count). The van der Waals surface area contributed by atoms with E-state index in [-0.39, 0.29) is 12.1 Å². The second kappa shape index (κ2) is 6.75. The summed E-state index contributed by atoms with van der Waals surface area (Å²) in [6.45, 7) is 5.68. The van der Waals surface area contributed by atoms with Crippen molar-refractivity contribution in [1.29, 1.82) is 0 Å². The summed E-state index contributed by atoms with van der Waals surface area (Å²) in [5.41, 5.74) is 1.11. The van der Waals surface area contributed by atoms with E-state index < -0.39 is 0 Å².